The molecule has 0 aromatic carbocycles. The van der Waals surface area contributed by atoms with Crippen molar-refractivity contribution in [3.63, 3.8) is 0 Å². The maximum atomic E-state index is 12.5. The van der Waals surface area contributed by atoms with E-state index in [4.69, 9.17) is 4.74 Å². The predicted molar refractivity (Wildman–Crippen MR) is 84.9 cm³/mol. The van der Waals surface area contributed by atoms with Gasteiger partial charge >= 0.3 is 0 Å². The molecule has 0 radical (unpaired) electrons. The molecule has 0 aromatic heterocycles. The lowest BCUT2D eigenvalue weighted by molar-refractivity contribution is -0.129. The Morgan fingerprint density at radius 3 is 2.57 bits per heavy atom. The summed E-state index contributed by atoms with van der Waals surface area (Å²) in [6, 6.07) is 0.716. The van der Waals surface area contributed by atoms with Crippen LogP contribution in [0.5, 0.6) is 0 Å². The first-order chi connectivity index (χ1) is 9.69. The lowest BCUT2D eigenvalue weighted by Gasteiger charge is -2.36. The second-order valence-corrected chi connectivity index (χ2v) is 7.75. The average molecular weight is 294 g/mol. The van der Waals surface area contributed by atoms with Crippen LogP contribution in [0, 0.1) is 5.92 Å². The van der Waals surface area contributed by atoms with Gasteiger partial charge in [-0.15, -0.1) is 0 Å². The fourth-order valence-corrected chi connectivity index (χ4v) is 3.33. The van der Waals surface area contributed by atoms with Crippen molar-refractivity contribution in [2.24, 2.45) is 5.92 Å². The predicted octanol–water partition coefficient (Wildman–Crippen LogP) is 2.69. The highest BCUT2D eigenvalue weighted by Gasteiger charge is 2.43. The van der Waals surface area contributed by atoms with Crippen molar-refractivity contribution < 1.29 is 9.53 Å². The zero-order valence-electron chi connectivity index (χ0n) is 14.3. The van der Waals surface area contributed by atoms with E-state index in [1.54, 1.807) is 6.08 Å². The van der Waals surface area contributed by atoms with Crippen molar-refractivity contribution in [1.82, 2.24) is 10.2 Å². The summed E-state index contributed by atoms with van der Waals surface area (Å²) in [5.74, 6) is 1.49. The van der Waals surface area contributed by atoms with Gasteiger partial charge in [0.1, 0.15) is 11.4 Å². The number of amides is 1. The molecule has 2 heterocycles. The van der Waals surface area contributed by atoms with Crippen LogP contribution in [0.1, 0.15) is 54.4 Å². The summed E-state index contributed by atoms with van der Waals surface area (Å²) in [6.45, 7) is 13.7. The summed E-state index contributed by atoms with van der Waals surface area (Å²) in [7, 11) is 0. The normalized spacial score (nSPS) is 30.2. The van der Waals surface area contributed by atoms with E-state index in [-0.39, 0.29) is 23.6 Å². The fraction of sp³-hybridized carbons (Fsp3) is 0.824. The number of nitrogens with zero attached hydrogens (tertiary/aromatic N) is 1. The molecule has 2 aliphatic heterocycles. The third kappa shape index (κ3) is 3.79. The second-order valence-electron chi connectivity index (χ2n) is 7.75. The summed E-state index contributed by atoms with van der Waals surface area (Å²) in [5, 5.41) is 3.45. The van der Waals surface area contributed by atoms with Crippen LogP contribution in [-0.2, 0) is 9.53 Å². The van der Waals surface area contributed by atoms with Gasteiger partial charge in [-0.3, -0.25) is 4.79 Å². The van der Waals surface area contributed by atoms with Gasteiger partial charge in [0.2, 0.25) is 0 Å². The van der Waals surface area contributed by atoms with Crippen LogP contribution in [-0.4, -0.2) is 41.1 Å². The molecule has 0 spiro atoms. The Bertz CT molecular complexity index is 423. The Labute approximate surface area is 128 Å². The average Bonchev–Trinajstić information content (AvgIpc) is 2.82. The number of carbonyl (C=O) groups is 1. The van der Waals surface area contributed by atoms with Crippen LogP contribution in [0.15, 0.2) is 11.8 Å². The van der Waals surface area contributed by atoms with Crippen molar-refractivity contribution in [3.05, 3.63) is 11.8 Å². The minimum Gasteiger partial charge on any atom is -0.490 e. The molecule has 0 bridgehead atoms. The monoisotopic (exact) mass is 294 g/mol. The molecule has 2 rings (SSSR count). The van der Waals surface area contributed by atoms with Crippen molar-refractivity contribution in [2.45, 2.75) is 78.1 Å². The number of ether oxygens (including phenoxy) is 1. The van der Waals surface area contributed by atoms with Crippen molar-refractivity contribution >= 4 is 5.91 Å². The van der Waals surface area contributed by atoms with E-state index in [1.807, 2.05) is 20.8 Å². The van der Waals surface area contributed by atoms with E-state index in [2.05, 4.69) is 31.0 Å². The van der Waals surface area contributed by atoms with E-state index >= 15 is 0 Å². The van der Waals surface area contributed by atoms with Crippen LogP contribution in [0.4, 0.5) is 0 Å². The molecule has 1 saturated heterocycles. The minimum atomic E-state index is -0.267. The number of hydrogen-bond donors (Lipinski definition) is 1. The SMILES string of the molecule is CC(C)CC1C(OC(C)(C)C)=CC(=O)N1[C@H]1CCN[C@H]1C. The van der Waals surface area contributed by atoms with Crippen molar-refractivity contribution in [3.8, 4) is 0 Å². The van der Waals surface area contributed by atoms with Gasteiger partial charge in [-0.2, -0.15) is 0 Å². The largest absolute Gasteiger partial charge is 0.490 e. The number of nitrogens with one attached hydrogen (secondary N) is 1. The number of carbonyl (C=O) groups excluding carboxylic acids is 1. The van der Waals surface area contributed by atoms with Crippen LogP contribution in [0.25, 0.3) is 0 Å². The third-order valence-electron chi connectivity index (χ3n) is 4.14. The van der Waals surface area contributed by atoms with Crippen molar-refractivity contribution in [1.29, 1.82) is 0 Å². The molecule has 4 heteroatoms. The summed E-state index contributed by atoms with van der Waals surface area (Å²) in [6.07, 6.45) is 3.69. The van der Waals surface area contributed by atoms with Crippen LogP contribution >= 0.6 is 0 Å². The Morgan fingerprint density at radius 1 is 1.43 bits per heavy atom. The Hall–Kier alpha value is -1.03. The second kappa shape index (κ2) is 5.99. The fourth-order valence-electron chi connectivity index (χ4n) is 3.33. The summed E-state index contributed by atoms with van der Waals surface area (Å²) >= 11 is 0. The maximum Gasteiger partial charge on any atom is 0.250 e. The molecule has 0 saturated carbocycles. The molecular weight excluding hydrogens is 264 g/mol. The van der Waals surface area contributed by atoms with Crippen LogP contribution in [0.2, 0.25) is 0 Å². The van der Waals surface area contributed by atoms with Gasteiger partial charge in [0.15, 0.2) is 0 Å². The molecule has 2 aliphatic rings. The van der Waals surface area contributed by atoms with E-state index in [9.17, 15) is 4.79 Å². The molecular formula is C17H30N2O2. The quantitative estimate of drug-likeness (QED) is 0.867. The first kappa shape index (κ1) is 16.3. The minimum absolute atomic E-state index is 0.0871. The highest BCUT2D eigenvalue weighted by molar-refractivity contribution is 5.91. The van der Waals surface area contributed by atoms with E-state index in [0.29, 0.717) is 12.0 Å². The molecule has 1 amide bonds. The number of rotatable bonds is 4. The van der Waals surface area contributed by atoms with Crippen LogP contribution < -0.4 is 5.32 Å². The van der Waals surface area contributed by atoms with Gasteiger partial charge < -0.3 is 15.0 Å². The highest BCUT2D eigenvalue weighted by atomic mass is 16.5. The van der Waals surface area contributed by atoms with Gasteiger partial charge in [-0.05, 0) is 53.0 Å². The first-order valence-corrected chi connectivity index (χ1v) is 8.15. The van der Waals surface area contributed by atoms with Gasteiger partial charge in [0.05, 0.1) is 6.04 Å². The molecule has 1 fully saturated rings. The zero-order chi connectivity index (χ0) is 15.8. The molecule has 0 aromatic rings. The van der Waals surface area contributed by atoms with Gasteiger partial charge in [-0.1, -0.05) is 13.8 Å². The topological polar surface area (TPSA) is 41.6 Å². The molecule has 120 valence electrons. The summed E-state index contributed by atoms with van der Waals surface area (Å²) in [4.78, 5) is 14.6. The van der Waals surface area contributed by atoms with Gasteiger partial charge in [0.25, 0.3) is 5.91 Å². The first-order valence-electron chi connectivity index (χ1n) is 8.15. The summed E-state index contributed by atoms with van der Waals surface area (Å²) in [5.41, 5.74) is -0.267. The number of hydrogen-bond acceptors (Lipinski definition) is 3. The smallest absolute Gasteiger partial charge is 0.250 e. The van der Waals surface area contributed by atoms with Gasteiger partial charge in [-0.25, -0.2) is 0 Å². The zero-order valence-corrected chi connectivity index (χ0v) is 14.3. The van der Waals surface area contributed by atoms with Gasteiger partial charge in [0, 0.05) is 18.2 Å². The van der Waals surface area contributed by atoms with E-state index < -0.39 is 0 Å². The molecule has 0 aliphatic carbocycles. The Kier molecular flexibility index (Phi) is 4.66. The van der Waals surface area contributed by atoms with E-state index in [0.717, 1.165) is 25.1 Å². The summed E-state index contributed by atoms with van der Waals surface area (Å²) < 4.78 is 6.09. The maximum absolute atomic E-state index is 12.5. The highest BCUT2D eigenvalue weighted by Crippen LogP contribution is 2.33. The lowest BCUT2D eigenvalue weighted by Crippen LogP contribution is -2.49. The molecule has 3 atom stereocenters. The molecule has 4 nitrogen and oxygen atoms in total. The van der Waals surface area contributed by atoms with E-state index in [1.165, 1.54) is 0 Å². The van der Waals surface area contributed by atoms with Crippen molar-refractivity contribution in [2.75, 3.05) is 6.54 Å². The van der Waals surface area contributed by atoms with Crippen LogP contribution in [0.3, 0.4) is 0 Å². The Balaban J connectivity index is 2.22. The third-order valence-corrected chi connectivity index (χ3v) is 4.14. The lowest BCUT2D eigenvalue weighted by atomic mass is 9.99. The Morgan fingerprint density at radius 2 is 2.10 bits per heavy atom. The molecule has 21 heavy (non-hydrogen) atoms. The molecule has 1 unspecified atom stereocenters. The standard InChI is InChI=1S/C17H30N2O2/c1-11(2)9-14-15(21-17(4,5)6)10-16(20)19(14)13-7-8-18-12(13)3/h10-14,18H,7-9H2,1-6H3/t12-,13-,14?/m0/s1. The molecule has 1 N–H and O–H groups in total.